The Morgan fingerprint density at radius 2 is 1.84 bits per heavy atom. The molecular weight excluding hydrogens is 240 g/mol. The summed E-state index contributed by atoms with van der Waals surface area (Å²) in [6.45, 7) is 0. The molecule has 0 saturated heterocycles. The predicted molar refractivity (Wildman–Crippen MR) is 72.1 cm³/mol. The monoisotopic (exact) mass is 252 g/mol. The van der Waals surface area contributed by atoms with Crippen LogP contribution in [0.15, 0.2) is 59.4 Å². The molecule has 0 atom stereocenters. The Labute approximate surface area is 110 Å². The van der Waals surface area contributed by atoms with Gasteiger partial charge in [0, 0.05) is 5.56 Å². The maximum atomic E-state index is 10.9. The van der Waals surface area contributed by atoms with Crippen molar-refractivity contribution < 1.29 is 14.3 Å². The van der Waals surface area contributed by atoms with E-state index >= 15 is 0 Å². The fraction of sp³-hybridized carbons (Fsp3) is 0.0625. The van der Waals surface area contributed by atoms with Gasteiger partial charge in [-0.2, -0.15) is 0 Å². The largest absolute Gasteiger partial charge is 0.481 e. The van der Waals surface area contributed by atoms with Crippen molar-refractivity contribution in [2.75, 3.05) is 0 Å². The lowest BCUT2D eigenvalue weighted by molar-refractivity contribution is -0.136. The fourth-order valence-electron chi connectivity index (χ4n) is 2.35. The maximum Gasteiger partial charge on any atom is 0.307 e. The van der Waals surface area contributed by atoms with Gasteiger partial charge in [-0.3, -0.25) is 4.79 Å². The van der Waals surface area contributed by atoms with E-state index in [4.69, 9.17) is 9.52 Å². The zero-order valence-electron chi connectivity index (χ0n) is 10.2. The standard InChI is InChI=1S/C16H12O3/c17-16(18)9-12-8-14(11-4-2-1-3-5-11)15-10-19-7-6-13(12)15/h1-8,10H,9H2,(H,17,18). The van der Waals surface area contributed by atoms with E-state index in [0.717, 1.165) is 27.8 Å². The topological polar surface area (TPSA) is 50.4 Å². The highest BCUT2D eigenvalue weighted by Crippen LogP contribution is 2.38. The van der Waals surface area contributed by atoms with Gasteiger partial charge in [-0.25, -0.2) is 0 Å². The van der Waals surface area contributed by atoms with Crippen molar-refractivity contribution in [3.63, 3.8) is 0 Å². The van der Waals surface area contributed by atoms with Crippen LogP contribution in [-0.2, 0) is 11.2 Å². The van der Waals surface area contributed by atoms with E-state index in [0.29, 0.717) is 0 Å². The minimum Gasteiger partial charge on any atom is -0.481 e. The first-order valence-electron chi connectivity index (χ1n) is 6.00. The molecule has 94 valence electrons. The van der Waals surface area contributed by atoms with Crippen LogP contribution >= 0.6 is 0 Å². The summed E-state index contributed by atoms with van der Waals surface area (Å²) in [5.74, 6) is -0.827. The molecule has 0 spiro atoms. The molecule has 0 aromatic heterocycles. The Hall–Kier alpha value is -2.55. The molecule has 3 heteroatoms. The molecule has 0 saturated carbocycles. The zero-order valence-corrected chi connectivity index (χ0v) is 10.2. The van der Waals surface area contributed by atoms with Gasteiger partial charge in [0.1, 0.15) is 0 Å². The number of carboxylic acids is 1. The molecule has 19 heavy (non-hydrogen) atoms. The van der Waals surface area contributed by atoms with Crippen LogP contribution in [0.1, 0.15) is 5.56 Å². The Morgan fingerprint density at radius 1 is 1.05 bits per heavy atom. The summed E-state index contributed by atoms with van der Waals surface area (Å²) >= 11 is 0. The highest BCUT2D eigenvalue weighted by molar-refractivity contribution is 5.90. The van der Waals surface area contributed by atoms with Gasteiger partial charge >= 0.3 is 5.97 Å². The first-order valence-corrected chi connectivity index (χ1v) is 6.00. The number of carbonyl (C=O) groups is 1. The smallest absolute Gasteiger partial charge is 0.307 e. The molecular formula is C16H12O3. The first kappa shape index (κ1) is 11.5. The third kappa shape index (κ3) is 2.10. The number of fused-ring (bicyclic) bond motifs is 1. The number of benzene rings is 1. The Balaban J connectivity index is 2.18. The normalized spacial score (nSPS) is 10.7. The van der Waals surface area contributed by atoms with Gasteiger partial charge in [0.05, 0.1) is 18.9 Å². The second kappa shape index (κ2) is 4.61. The van der Waals surface area contributed by atoms with Gasteiger partial charge in [-0.1, -0.05) is 30.3 Å². The summed E-state index contributed by atoms with van der Waals surface area (Å²) in [4.78, 5) is 10.9. The maximum absolute atomic E-state index is 10.9. The first-order chi connectivity index (χ1) is 9.25. The summed E-state index contributed by atoms with van der Waals surface area (Å²) in [6, 6.07) is 13.6. The van der Waals surface area contributed by atoms with E-state index < -0.39 is 5.97 Å². The lowest BCUT2D eigenvalue weighted by Crippen LogP contribution is -1.99. The Bertz CT molecular complexity index is 682. The molecule has 3 nitrogen and oxygen atoms in total. The van der Waals surface area contributed by atoms with Crippen LogP contribution in [0.25, 0.3) is 22.3 Å². The van der Waals surface area contributed by atoms with Gasteiger partial charge in [-0.05, 0) is 34.4 Å². The van der Waals surface area contributed by atoms with E-state index in [1.807, 2.05) is 42.5 Å². The van der Waals surface area contributed by atoms with Crippen molar-refractivity contribution in [1.82, 2.24) is 0 Å². The van der Waals surface area contributed by atoms with E-state index in [1.54, 1.807) is 12.5 Å². The van der Waals surface area contributed by atoms with Gasteiger partial charge in [0.2, 0.25) is 0 Å². The summed E-state index contributed by atoms with van der Waals surface area (Å²) in [5.41, 5.74) is 4.77. The van der Waals surface area contributed by atoms with Gasteiger partial charge in [-0.15, -0.1) is 0 Å². The van der Waals surface area contributed by atoms with Crippen LogP contribution in [0.5, 0.6) is 0 Å². The van der Waals surface area contributed by atoms with Gasteiger partial charge < -0.3 is 9.52 Å². The second-order valence-corrected chi connectivity index (χ2v) is 4.40. The van der Waals surface area contributed by atoms with E-state index in [-0.39, 0.29) is 6.42 Å². The molecule has 1 aliphatic carbocycles. The zero-order chi connectivity index (χ0) is 13.2. The molecule has 1 aliphatic heterocycles. The molecule has 0 fully saturated rings. The van der Waals surface area contributed by atoms with Crippen molar-refractivity contribution in [2.45, 2.75) is 6.42 Å². The minimum absolute atomic E-state index is 0.0212. The number of rotatable bonds is 3. The molecule has 0 unspecified atom stereocenters. The van der Waals surface area contributed by atoms with Crippen molar-refractivity contribution in [2.24, 2.45) is 0 Å². The molecule has 0 amide bonds. The average molecular weight is 252 g/mol. The quantitative estimate of drug-likeness (QED) is 0.773. The molecule has 1 aromatic carbocycles. The van der Waals surface area contributed by atoms with Crippen LogP contribution in [0.4, 0.5) is 0 Å². The van der Waals surface area contributed by atoms with Crippen molar-refractivity contribution >= 4 is 5.97 Å². The Morgan fingerprint density at radius 3 is 2.58 bits per heavy atom. The molecule has 1 aromatic rings. The molecule has 0 radical (unpaired) electrons. The highest BCUT2D eigenvalue weighted by Gasteiger charge is 2.18. The molecule has 1 heterocycles. The van der Waals surface area contributed by atoms with Crippen LogP contribution in [-0.4, -0.2) is 11.1 Å². The lowest BCUT2D eigenvalue weighted by atomic mass is 10.0. The van der Waals surface area contributed by atoms with E-state index in [1.165, 1.54) is 0 Å². The number of hydrogen-bond acceptors (Lipinski definition) is 2. The summed E-state index contributed by atoms with van der Waals surface area (Å²) < 4.78 is 5.22. The highest BCUT2D eigenvalue weighted by atomic mass is 16.4. The SMILES string of the molecule is O=C(O)Cc1cc(-c2ccccc2)c2coccc1-2. The Kier molecular flexibility index (Phi) is 2.80. The predicted octanol–water partition coefficient (Wildman–Crippen LogP) is 3.68. The molecule has 2 aliphatic rings. The van der Waals surface area contributed by atoms with Crippen LogP contribution in [0.3, 0.4) is 0 Å². The van der Waals surface area contributed by atoms with Crippen LogP contribution in [0, 0.1) is 0 Å². The van der Waals surface area contributed by atoms with Crippen LogP contribution < -0.4 is 0 Å². The number of aliphatic carboxylic acids is 1. The van der Waals surface area contributed by atoms with Crippen molar-refractivity contribution in [3.05, 3.63) is 60.6 Å². The van der Waals surface area contributed by atoms with E-state index in [9.17, 15) is 4.79 Å². The minimum atomic E-state index is -0.827. The lowest BCUT2D eigenvalue weighted by Gasteiger charge is -2.03. The summed E-state index contributed by atoms with van der Waals surface area (Å²) in [7, 11) is 0. The third-order valence-electron chi connectivity index (χ3n) is 3.17. The van der Waals surface area contributed by atoms with Crippen LogP contribution in [0.2, 0.25) is 0 Å². The summed E-state index contributed by atoms with van der Waals surface area (Å²) in [5, 5.41) is 8.98. The molecule has 0 bridgehead atoms. The van der Waals surface area contributed by atoms with E-state index in [2.05, 4.69) is 0 Å². The van der Waals surface area contributed by atoms with Gasteiger partial charge in [0.25, 0.3) is 0 Å². The number of carboxylic acid groups (broad SMARTS) is 1. The van der Waals surface area contributed by atoms with Crippen molar-refractivity contribution in [3.8, 4) is 22.3 Å². The third-order valence-corrected chi connectivity index (χ3v) is 3.17. The van der Waals surface area contributed by atoms with Crippen molar-refractivity contribution in [1.29, 1.82) is 0 Å². The summed E-state index contributed by atoms with van der Waals surface area (Å²) in [6.07, 6.45) is 3.26. The average Bonchev–Trinajstić information content (AvgIpc) is 2.78. The fourth-order valence-corrected chi connectivity index (χ4v) is 2.35. The molecule has 3 rings (SSSR count). The molecule has 1 N–H and O–H groups in total. The second-order valence-electron chi connectivity index (χ2n) is 4.40. The van der Waals surface area contributed by atoms with Gasteiger partial charge in [0.15, 0.2) is 0 Å². The number of hydrogen-bond donors (Lipinski definition) is 1.